The van der Waals surface area contributed by atoms with Crippen LogP contribution in [0.1, 0.15) is 39.8 Å². The fourth-order valence-corrected chi connectivity index (χ4v) is 6.17. The topological polar surface area (TPSA) is 169 Å². The molecule has 1 aliphatic heterocycles. The van der Waals surface area contributed by atoms with Crippen LogP contribution in [0.25, 0.3) is 0 Å². The van der Waals surface area contributed by atoms with E-state index in [0.717, 1.165) is 35.4 Å². The average molecular weight is 528 g/mol. The third-order valence-electron chi connectivity index (χ3n) is 4.59. The summed E-state index contributed by atoms with van der Waals surface area (Å²) in [6, 6.07) is 1.06. The number of carbonyl (C=O) groups excluding carboxylic acids is 1. The summed E-state index contributed by atoms with van der Waals surface area (Å²) in [6.45, 7) is 5.67. The van der Waals surface area contributed by atoms with Crippen LogP contribution in [-0.2, 0) is 18.6 Å². The van der Waals surface area contributed by atoms with Crippen LogP contribution in [0.15, 0.2) is 21.9 Å². The number of H-pyrrole nitrogens is 1. The van der Waals surface area contributed by atoms with Gasteiger partial charge in [0.05, 0.1) is 6.61 Å². The molecule has 12 nitrogen and oxygen atoms in total. The highest BCUT2D eigenvalue weighted by Crippen LogP contribution is 2.38. The van der Waals surface area contributed by atoms with Gasteiger partial charge in [0.25, 0.3) is 5.56 Å². The zero-order valence-corrected chi connectivity index (χ0v) is 21.1. The lowest BCUT2D eigenvalue weighted by atomic mass is 10.1. The Labute approximate surface area is 199 Å². The Hall–Kier alpha value is -1.28. The number of nitrogens with zero attached hydrogens (tertiary/aromatic N) is 1. The predicted molar refractivity (Wildman–Crippen MR) is 126 cm³/mol. The van der Waals surface area contributed by atoms with Crippen LogP contribution in [0.4, 0.5) is 4.79 Å². The maximum atomic E-state index is 12.6. The van der Waals surface area contributed by atoms with Gasteiger partial charge in [-0.3, -0.25) is 18.9 Å². The van der Waals surface area contributed by atoms with Gasteiger partial charge < -0.3 is 29.3 Å². The zero-order valence-electron chi connectivity index (χ0n) is 18.5. The van der Waals surface area contributed by atoms with E-state index in [1.165, 1.54) is 0 Å². The summed E-state index contributed by atoms with van der Waals surface area (Å²) in [5.41, 5.74) is -1.50. The van der Waals surface area contributed by atoms with Crippen LogP contribution in [0.5, 0.6) is 0 Å². The number of hydrogen-bond donors (Lipinski definition) is 4. The Balaban J connectivity index is 2.15. The number of amides is 1. The van der Waals surface area contributed by atoms with Crippen molar-refractivity contribution in [3.8, 4) is 0 Å². The summed E-state index contributed by atoms with van der Waals surface area (Å²) in [5, 5.41) is 12.3. The minimum Gasteiger partial charge on any atom is -0.438 e. The molecular weight excluding hydrogens is 497 g/mol. The Morgan fingerprint density at radius 3 is 2.73 bits per heavy atom. The summed E-state index contributed by atoms with van der Waals surface area (Å²) in [5.74, 6) is 0.992. The van der Waals surface area contributed by atoms with Crippen molar-refractivity contribution in [1.82, 2.24) is 14.9 Å². The van der Waals surface area contributed by atoms with Gasteiger partial charge in [-0.1, -0.05) is 34.9 Å². The number of rotatable bonds is 12. The van der Waals surface area contributed by atoms with Gasteiger partial charge in [-0.05, 0) is 20.3 Å². The molecule has 0 spiro atoms. The lowest BCUT2D eigenvalue weighted by Gasteiger charge is -2.26. The van der Waals surface area contributed by atoms with Crippen LogP contribution in [-0.4, -0.2) is 67.6 Å². The minimum atomic E-state index is -3.50. The highest BCUT2D eigenvalue weighted by atomic mass is 33.1. The number of unbranched alkanes of at least 4 members (excludes halogenated alkanes) is 1. The van der Waals surface area contributed by atoms with Crippen molar-refractivity contribution in [3.05, 3.63) is 33.1 Å². The number of aromatic amines is 1. The Morgan fingerprint density at radius 2 is 2.12 bits per heavy atom. The van der Waals surface area contributed by atoms with Crippen LogP contribution in [0.2, 0.25) is 0 Å². The molecule has 5 atom stereocenters. The lowest BCUT2D eigenvalue weighted by Crippen LogP contribution is -2.44. The molecule has 1 amide bonds. The first-order chi connectivity index (χ1) is 15.6. The molecule has 1 saturated heterocycles. The van der Waals surface area contributed by atoms with Gasteiger partial charge in [-0.2, -0.15) is 0 Å². The quantitative estimate of drug-likeness (QED) is 0.175. The number of aromatic nitrogens is 2. The molecule has 0 radical (unpaired) electrons. The van der Waals surface area contributed by atoms with Crippen LogP contribution >= 0.6 is 29.8 Å². The number of ether oxygens (including phenoxy) is 2. The summed E-state index contributed by atoms with van der Waals surface area (Å²) >= 11 is 0. The SMILES string of the molecule is CCCCSSC(C)(C)CNC(=O)OC1C(O[PH](=O)O)[C@@H](CO)O[C@H]1n1ccc(=O)[nH]c1=O. The molecule has 188 valence electrons. The van der Waals surface area contributed by atoms with E-state index < -0.39 is 56.7 Å². The van der Waals surface area contributed by atoms with Gasteiger partial charge in [0.1, 0.15) is 12.2 Å². The van der Waals surface area contributed by atoms with Crippen molar-refractivity contribution in [1.29, 1.82) is 0 Å². The minimum absolute atomic E-state index is 0.262. The van der Waals surface area contributed by atoms with Gasteiger partial charge in [0.2, 0.25) is 0 Å². The molecule has 1 aromatic heterocycles. The van der Waals surface area contributed by atoms with E-state index >= 15 is 0 Å². The maximum Gasteiger partial charge on any atom is 0.407 e. The average Bonchev–Trinajstić information content (AvgIpc) is 3.06. The monoisotopic (exact) mass is 527 g/mol. The van der Waals surface area contributed by atoms with Gasteiger partial charge in [0, 0.05) is 29.3 Å². The summed E-state index contributed by atoms with van der Waals surface area (Å²) in [7, 11) is -0.160. The molecule has 1 fully saturated rings. The Kier molecular flexibility index (Phi) is 11.0. The number of aliphatic hydroxyl groups excluding tert-OH is 1. The number of hydrogen-bond acceptors (Lipinski definition) is 10. The third-order valence-corrected chi connectivity index (χ3v) is 8.44. The molecule has 0 aliphatic carbocycles. The second-order valence-corrected chi connectivity index (χ2v) is 11.7. The largest absolute Gasteiger partial charge is 0.438 e. The summed E-state index contributed by atoms with van der Waals surface area (Å²) < 4.78 is 28.0. The number of aliphatic hydroxyl groups is 1. The van der Waals surface area contributed by atoms with E-state index in [1.807, 2.05) is 13.8 Å². The Morgan fingerprint density at radius 1 is 1.39 bits per heavy atom. The fraction of sp³-hybridized carbons (Fsp3) is 0.722. The smallest absolute Gasteiger partial charge is 0.407 e. The molecule has 4 N–H and O–H groups in total. The molecule has 33 heavy (non-hydrogen) atoms. The van der Waals surface area contributed by atoms with Crippen molar-refractivity contribution < 1.29 is 33.4 Å². The first-order valence-corrected chi connectivity index (χ1v) is 13.9. The van der Waals surface area contributed by atoms with E-state index in [-0.39, 0.29) is 11.3 Å². The second-order valence-electron chi connectivity index (χ2n) is 7.86. The number of nitrogens with one attached hydrogen (secondary N) is 2. The summed E-state index contributed by atoms with van der Waals surface area (Å²) in [4.78, 5) is 47.5. The van der Waals surface area contributed by atoms with E-state index in [1.54, 1.807) is 21.6 Å². The molecule has 15 heteroatoms. The summed E-state index contributed by atoms with van der Waals surface area (Å²) in [6.07, 6.45) is -2.69. The van der Waals surface area contributed by atoms with Crippen LogP contribution in [0, 0.1) is 0 Å². The van der Waals surface area contributed by atoms with E-state index in [2.05, 4.69) is 17.2 Å². The number of carbonyl (C=O) groups is 1. The molecule has 2 heterocycles. The zero-order chi connectivity index (χ0) is 24.6. The molecule has 2 rings (SSSR count). The van der Waals surface area contributed by atoms with Crippen molar-refractivity contribution in [2.45, 2.75) is 62.9 Å². The fourth-order valence-electron chi connectivity index (χ4n) is 2.98. The normalized spacial score (nSPS) is 23.9. The predicted octanol–water partition coefficient (Wildman–Crippen LogP) is 1.25. The highest BCUT2D eigenvalue weighted by molar-refractivity contribution is 8.77. The van der Waals surface area contributed by atoms with Crippen LogP contribution in [0.3, 0.4) is 0 Å². The molecular formula is C18H30N3O9PS2. The first-order valence-electron chi connectivity index (χ1n) is 10.3. The van der Waals surface area contributed by atoms with Gasteiger partial charge >= 0.3 is 20.0 Å². The number of alkyl carbamates (subject to hydrolysis) is 1. The maximum absolute atomic E-state index is 12.6. The van der Waals surface area contributed by atoms with Crippen LogP contribution < -0.4 is 16.6 Å². The van der Waals surface area contributed by atoms with E-state index in [4.69, 9.17) is 14.0 Å². The lowest BCUT2D eigenvalue weighted by molar-refractivity contribution is -0.0567. The first kappa shape index (κ1) is 28.0. The second kappa shape index (κ2) is 13.0. The molecule has 3 unspecified atom stereocenters. The van der Waals surface area contributed by atoms with Gasteiger partial charge in [-0.25, -0.2) is 9.59 Å². The standard InChI is InChI=1S/C18H30N3O9PS2/c1-4-5-8-32-33-18(2,3)10-19-17(25)29-14-13(30-31(26)27)11(9-22)28-15(14)21-7-6-12(23)20-16(21)24/h6-7,11,13-15,22,31H,4-5,8-10H2,1-3H3,(H,19,25)(H,26,27)(H,20,23,24)/t11-,13?,14?,15-/m1/s1. The molecule has 1 aliphatic rings. The molecule has 0 saturated carbocycles. The van der Waals surface area contributed by atoms with E-state index in [9.17, 15) is 28.9 Å². The highest BCUT2D eigenvalue weighted by Gasteiger charge is 2.50. The molecule has 0 aromatic carbocycles. The third kappa shape index (κ3) is 8.46. The van der Waals surface area contributed by atoms with Crippen molar-refractivity contribution in [2.75, 3.05) is 18.9 Å². The van der Waals surface area contributed by atoms with Crippen molar-refractivity contribution in [3.63, 3.8) is 0 Å². The van der Waals surface area contributed by atoms with Gasteiger partial charge in [-0.15, -0.1) is 0 Å². The van der Waals surface area contributed by atoms with Gasteiger partial charge in [0.15, 0.2) is 12.3 Å². The van der Waals surface area contributed by atoms with Crippen molar-refractivity contribution >= 4 is 35.9 Å². The molecule has 1 aromatic rings. The van der Waals surface area contributed by atoms with E-state index in [0.29, 0.717) is 0 Å². The molecule has 0 bridgehead atoms. The van der Waals surface area contributed by atoms with Crippen molar-refractivity contribution in [2.24, 2.45) is 0 Å². The Bertz CT molecular complexity index is 926.